The van der Waals surface area contributed by atoms with Gasteiger partial charge >= 0.3 is 12.1 Å². The second-order valence-corrected chi connectivity index (χ2v) is 12.2. The molecule has 9 nitrogen and oxygen atoms in total. The van der Waals surface area contributed by atoms with Crippen molar-refractivity contribution in [2.75, 3.05) is 6.61 Å². The minimum Gasteiger partial charge on any atom is -0.453 e. The predicted molar refractivity (Wildman–Crippen MR) is 163 cm³/mol. The minimum absolute atomic E-state index is 0.0279. The van der Waals surface area contributed by atoms with Gasteiger partial charge in [0.05, 0.1) is 12.0 Å². The van der Waals surface area contributed by atoms with Crippen molar-refractivity contribution >= 4 is 29.5 Å². The first-order valence-corrected chi connectivity index (χ1v) is 15.5. The van der Waals surface area contributed by atoms with Gasteiger partial charge in [0.25, 0.3) is 0 Å². The van der Waals surface area contributed by atoms with Crippen LogP contribution in [0.4, 0.5) is 4.79 Å². The molecule has 1 saturated heterocycles. The molecule has 0 aromatic heterocycles. The number of nitrogens with zero attached hydrogens (tertiary/aromatic N) is 1. The van der Waals surface area contributed by atoms with Crippen LogP contribution in [0.1, 0.15) is 98.0 Å². The number of aliphatic hydroxyl groups is 1. The highest BCUT2D eigenvalue weighted by Crippen LogP contribution is 2.36. The van der Waals surface area contributed by atoms with Gasteiger partial charge in [0, 0.05) is 20.0 Å². The molecule has 1 N–H and O–H groups in total. The second-order valence-electron chi connectivity index (χ2n) is 12.2. The van der Waals surface area contributed by atoms with Gasteiger partial charge in [0.1, 0.15) is 5.60 Å². The average molecular weight is 600 g/mol. The smallest absolute Gasteiger partial charge is 0.417 e. The first kappa shape index (κ1) is 35.9. The molecule has 1 heterocycles. The van der Waals surface area contributed by atoms with Crippen molar-refractivity contribution in [1.29, 1.82) is 0 Å². The third-order valence-electron chi connectivity index (χ3n) is 7.73. The van der Waals surface area contributed by atoms with Gasteiger partial charge in [0.2, 0.25) is 5.91 Å². The highest BCUT2D eigenvalue weighted by molar-refractivity contribution is 6.05. The van der Waals surface area contributed by atoms with Gasteiger partial charge in [-0.2, -0.15) is 0 Å². The molecule has 238 valence electrons. The lowest BCUT2D eigenvalue weighted by atomic mass is 9.85. The number of cyclic esters (lactones) is 1. The number of hydrogen-bond donors (Lipinski definition) is 1. The van der Waals surface area contributed by atoms with E-state index in [0.29, 0.717) is 12.0 Å². The molecule has 2 amide bonds. The molecule has 43 heavy (non-hydrogen) atoms. The summed E-state index contributed by atoms with van der Waals surface area (Å²) in [4.78, 5) is 66.3. The quantitative estimate of drug-likeness (QED) is 0.121. The molecule has 1 aliphatic rings. The fourth-order valence-electron chi connectivity index (χ4n) is 5.80. The van der Waals surface area contributed by atoms with E-state index in [1.54, 1.807) is 38.1 Å². The van der Waals surface area contributed by atoms with Crippen LogP contribution < -0.4 is 0 Å². The molecule has 1 aliphatic heterocycles. The Balaban J connectivity index is 2.19. The number of benzene rings is 1. The molecular weight excluding hydrogens is 550 g/mol. The number of amides is 2. The number of esters is 1. The van der Waals surface area contributed by atoms with Gasteiger partial charge < -0.3 is 14.6 Å². The number of imide groups is 1. The Hall–Kier alpha value is -3.33. The number of aliphatic hydroxyl groups excluding tert-OH is 1. The Morgan fingerprint density at radius 2 is 1.53 bits per heavy atom. The van der Waals surface area contributed by atoms with E-state index >= 15 is 0 Å². The zero-order valence-corrected chi connectivity index (χ0v) is 26.4. The van der Waals surface area contributed by atoms with Crippen molar-refractivity contribution in [3.05, 3.63) is 48.0 Å². The van der Waals surface area contributed by atoms with Crippen molar-refractivity contribution in [3.8, 4) is 0 Å². The topological polar surface area (TPSA) is 127 Å². The number of carbonyl (C=O) groups excluding carboxylic acids is 5. The standard InChI is InChI=1S/C34H49NO8/c1-24(2)31-34(4,5)43-33(41)35(31)32(40)28(23-26-17-13-12-14-18-26)30(42-25(3)37)29(39)21-20-27(38)19-15-10-8-6-7-9-11-16-22-36/h12-14,17-18,20-21,24,28,30-31,36H,6-11,15-16,19,22-23H2,1-5H3/t28-,30+,31+/m0/s1. The summed E-state index contributed by atoms with van der Waals surface area (Å²) in [5, 5.41) is 8.83. The lowest BCUT2D eigenvalue weighted by Gasteiger charge is -2.34. The van der Waals surface area contributed by atoms with Crippen LogP contribution in [0, 0.1) is 11.8 Å². The molecule has 0 saturated carbocycles. The number of allylic oxidation sites excluding steroid dienone is 1. The fraction of sp³-hybridized carbons (Fsp3) is 0.618. The Morgan fingerprint density at radius 1 is 0.953 bits per heavy atom. The Kier molecular flexibility index (Phi) is 14.8. The van der Waals surface area contributed by atoms with Crippen LogP contribution in [-0.2, 0) is 35.1 Å². The van der Waals surface area contributed by atoms with Gasteiger partial charge in [0.15, 0.2) is 17.7 Å². The molecule has 9 heteroatoms. The first-order valence-electron chi connectivity index (χ1n) is 15.5. The van der Waals surface area contributed by atoms with Gasteiger partial charge in [-0.05, 0) is 56.7 Å². The van der Waals surface area contributed by atoms with Crippen LogP contribution in [0.15, 0.2) is 42.5 Å². The van der Waals surface area contributed by atoms with Gasteiger partial charge in [-0.25, -0.2) is 9.69 Å². The number of unbranched alkanes of at least 4 members (excludes halogenated alkanes) is 7. The van der Waals surface area contributed by atoms with E-state index in [1.165, 1.54) is 6.08 Å². The summed E-state index contributed by atoms with van der Waals surface area (Å²) in [5.41, 5.74) is -0.238. The number of ether oxygens (including phenoxy) is 2. The Morgan fingerprint density at radius 3 is 2.09 bits per heavy atom. The first-order chi connectivity index (χ1) is 20.4. The molecule has 0 bridgehead atoms. The number of ketones is 2. The highest BCUT2D eigenvalue weighted by Gasteiger charge is 2.54. The molecule has 1 fully saturated rings. The van der Waals surface area contributed by atoms with Crippen LogP contribution >= 0.6 is 0 Å². The summed E-state index contributed by atoms with van der Waals surface area (Å²) in [6, 6.07) is 8.38. The molecule has 2 rings (SSSR count). The zero-order valence-electron chi connectivity index (χ0n) is 26.4. The Bertz CT molecular complexity index is 1110. The molecule has 1 aromatic rings. The van der Waals surface area contributed by atoms with E-state index in [9.17, 15) is 24.0 Å². The van der Waals surface area contributed by atoms with E-state index in [4.69, 9.17) is 14.6 Å². The number of carbonyl (C=O) groups is 5. The van der Waals surface area contributed by atoms with Crippen LogP contribution in [0.2, 0.25) is 0 Å². The summed E-state index contributed by atoms with van der Waals surface area (Å²) >= 11 is 0. The van der Waals surface area contributed by atoms with E-state index in [0.717, 1.165) is 62.8 Å². The maximum Gasteiger partial charge on any atom is 0.417 e. The molecule has 0 aliphatic carbocycles. The summed E-state index contributed by atoms with van der Waals surface area (Å²) in [5.74, 6) is -3.73. The number of hydrogen-bond acceptors (Lipinski definition) is 8. The van der Waals surface area contributed by atoms with Crippen molar-refractivity contribution < 1.29 is 38.6 Å². The van der Waals surface area contributed by atoms with Crippen molar-refractivity contribution in [1.82, 2.24) is 4.90 Å². The van der Waals surface area contributed by atoms with Crippen LogP contribution in [0.25, 0.3) is 0 Å². The Labute approximate surface area is 256 Å². The summed E-state index contributed by atoms with van der Waals surface area (Å²) in [6.45, 7) is 8.60. The van der Waals surface area contributed by atoms with Gasteiger partial charge in [-0.3, -0.25) is 19.2 Å². The van der Waals surface area contributed by atoms with Crippen LogP contribution in [0.5, 0.6) is 0 Å². The number of rotatable bonds is 19. The maximum absolute atomic E-state index is 14.1. The van der Waals surface area contributed by atoms with E-state index in [2.05, 4.69) is 0 Å². The molecule has 3 atom stereocenters. The van der Waals surface area contributed by atoms with E-state index in [-0.39, 0.29) is 31.1 Å². The van der Waals surface area contributed by atoms with Crippen LogP contribution in [-0.4, -0.2) is 63.9 Å². The SMILES string of the molecule is CC(=O)O[C@@H](C(=O)C=CC(=O)CCCCCCCCCCO)[C@H](Cc1ccccc1)C(=O)N1C(=O)OC(C)(C)[C@H]1C(C)C. The van der Waals surface area contributed by atoms with Crippen molar-refractivity contribution in [2.45, 2.75) is 117 Å². The average Bonchev–Trinajstić information content (AvgIpc) is 3.20. The monoisotopic (exact) mass is 599 g/mol. The minimum atomic E-state index is -1.54. The van der Waals surface area contributed by atoms with Gasteiger partial charge in [-0.1, -0.05) is 82.7 Å². The molecule has 1 aromatic carbocycles. The molecule has 0 radical (unpaired) electrons. The summed E-state index contributed by atoms with van der Waals surface area (Å²) in [6.07, 6.45) is 7.97. The summed E-state index contributed by atoms with van der Waals surface area (Å²) < 4.78 is 11.0. The normalized spacial score (nSPS) is 17.6. The third-order valence-corrected chi connectivity index (χ3v) is 7.73. The van der Waals surface area contributed by atoms with E-state index < -0.39 is 47.4 Å². The van der Waals surface area contributed by atoms with Crippen LogP contribution in [0.3, 0.4) is 0 Å². The largest absolute Gasteiger partial charge is 0.453 e. The van der Waals surface area contributed by atoms with E-state index in [1.807, 2.05) is 19.9 Å². The highest BCUT2D eigenvalue weighted by atomic mass is 16.6. The third kappa shape index (κ3) is 11.4. The molecule has 0 unspecified atom stereocenters. The molecular formula is C34H49NO8. The maximum atomic E-state index is 14.1. The second kappa shape index (κ2) is 17.7. The zero-order chi connectivity index (χ0) is 32.0. The fourth-order valence-corrected chi connectivity index (χ4v) is 5.80. The summed E-state index contributed by atoms with van der Waals surface area (Å²) in [7, 11) is 0. The predicted octanol–water partition coefficient (Wildman–Crippen LogP) is 5.76. The lowest BCUT2D eigenvalue weighted by Crippen LogP contribution is -2.53. The van der Waals surface area contributed by atoms with Crippen molar-refractivity contribution in [3.63, 3.8) is 0 Å². The lowest BCUT2D eigenvalue weighted by molar-refractivity contribution is -0.159. The van der Waals surface area contributed by atoms with Gasteiger partial charge in [-0.15, -0.1) is 0 Å². The van der Waals surface area contributed by atoms with Crippen molar-refractivity contribution in [2.24, 2.45) is 11.8 Å². The molecule has 0 spiro atoms.